The van der Waals surface area contributed by atoms with Gasteiger partial charge in [-0.05, 0) is 43.2 Å². The monoisotopic (exact) mass is 315 g/mol. The number of rotatable bonds is 5. The molecule has 2 aromatic rings. The van der Waals surface area contributed by atoms with E-state index in [0.29, 0.717) is 5.69 Å². The lowest BCUT2D eigenvalue weighted by molar-refractivity contribution is 0.102. The zero-order valence-corrected chi connectivity index (χ0v) is 12.6. The van der Waals surface area contributed by atoms with Crippen LogP contribution in [0, 0.1) is 5.82 Å². The minimum Gasteiger partial charge on any atom is -0.376 e. The van der Waals surface area contributed by atoms with Crippen LogP contribution in [0.25, 0.3) is 0 Å². The van der Waals surface area contributed by atoms with Crippen LogP contribution >= 0.6 is 0 Å². The number of amides is 1. The molecule has 1 aromatic carbocycles. The fourth-order valence-corrected chi connectivity index (χ4v) is 2.43. The minimum absolute atomic E-state index is 0.240. The minimum atomic E-state index is -0.440. The topological polar surface area (TPSA) is 63.2 Å². The molecule has 1 atom stereocenters. The number of hydrogen-bond acceptors (Lipinski definition) is 4. The second-order valence-corrected chi connectivity index (χ2v) is 5.41. The van der Waals surface area contributed by atoms with E-state index in [1.54, 1.807) is 24.4 Å². The molecule has 2 N–H and O–H groups in total. The van der Waals surface area contributed by atoms with Crippen molar-refractivity contribution in [3.05, 3.63) is 54.0 Å². The number of nitrogens with zero attached hydrogens (tertiary/aromatic N) is 1. The van der Waals surface area contributed by atoms with Gasteiger partial charge in [0.05, 0.1) is 18.0 Å². The van der Waals surface area contributed by atoms with Gasteiger partial charge in [-0.1, -0.05) is 6.07 Å². The highest BCUT2D eigenvalue weighted by Crippen LogP contribution is 2.15. The lowest BCUT2D eigenvalue weighted by atomic mass is 10.2. The zero-order chi connectivity index (χ0) is 16.1. The number of benzene rings is 1. The summed E-state index contributed by atoms with van der Waals surface area (Å²) in [5.74, 6) is -0.0833. The normalized spacial score (nSPS) is 17.0. The third-order valence-electron chi connectivity index (χ3n) is 3.64. The molecule has 1 unspecified atom stereocenters. The smallest absolute Gasteiger partial charge is 0.255 e. The number of ether oxygens (including phenoxy) is 1. The van der Waals surface area contributed by atoms with Crippen LogP contribution in [0.1, 0.15) is 23.2 Å². The molecule has 3 rings (SSSR count). The number of hydrogen-bond donors (Lipinski definition) is 2. The summed E-state index contributed by atoms with van der Waals surface area (Å²) in [6.07, 6.45) is 3.97. The summed E-state index contributed by atoms with van der Waals surface area (Å²) in [5, 5.41) is 5.90. The van der Waals surface area contributed by atoms with Crippen LogP contribution in [0.5, 0.6) is 0 Å². The van der Waals surface area contributed by atoms with E-state index in [2.05, 4.69) is 15.6 Å². The highest BCUT2D eigenvalue weighted by atomic mass is 19.1. The fraction of sp³-hybridized carbons (Fsp3) is 0.294. The van der Waals surface area contributed by atoms with Gasteiger partial charge >= 0.3 is 0 Å². The molecule has 0 spiro atoms. The maximum atomic E-state index is 13.1. The van der Waals surface area contributed by atoms with Crippen LogP contribution in [0.3, 0.4) is 0 Å². The molecular formula is C17H18FN3O2. The van der Waals surface area contributed by atoms with Crippen molar-refractivity contribution in [1.29, 1.82) is 0 Å². The van der Waals surface area contributed by atoms with Gasteiger partial charge in [-0.3, -0.25) is 4.79 Å². The van der Waals surface area contributed by atoms with E-state index in [4.69, 9.17) is 4.74 Å². The van der Waals surface area contributed by atoms with Crippen molar-refractivity contribution in [2.45, 2.75) is 18.9 Å². The number of aromatic nitrogens is 1. The first-order chi connectivity index (χ1) is 11.2. The van der Waals surface area contributed by atoms with E-state index in [9.17, 15) is 9.18 Å². The standard InChI is InChI=1S/C17H18FN3O2/c18-13-4-1-3-12(9-13)17(22)21-14-6-7-16(19-10-14)20-11-15-5-2-8-23-15/h1,3-4,6-7,9-10,15H,2,5,8,11H2,(H,19,20)(H,21,22). The lowest BCUT2D eigenvalue weighted by Crippen LogP contribution is -2.19. The summed E-state index contributed by atoms with van der Waals surface area (Å²) in [4.78, 5) is 16.3. The number of carbonyl (C=O) groups is 1. The van der Waals surface area contributed by atoms with Crippen molar-refractivity contribution < 1.29 is 13.9 Å². The van der Waals surface area contributed by atoms with Gasteiger partial charge in [0.15, 0.2) is 0 Å². The summed E-state index contributed by atoms with van der Waals surface area (Å²) < 4.78 is 18.7. The van der Waals surface area contributed by atoms with Crippen LogP contribution in [-0.4, -0.2) is 30.1 Å². The van der Waals surface area contributed by atoms with Gasteiger partial charge in [-0.2, -0.15) is 0 Å². The first kappa shape index (κ1) is 15.4. The molecule has 0 bridgehead atoms. The molecule has 120 valence electrons. The molecule has 0 radical (unpaired) electrons. The molecule has 1 saturated heterocycles. The predicted octanol–water partition coefficient (Wildman–Crippen LogP) is 3.06. The molecule has 23 heavy (non-hydrogen) atoms. The van der Waals surface area contributed by atoms with Crippen molar-refractivity contribution in [2.24, 2.45) is 0 Å². The molecular weight excluding hydrogens is 297 g/mol. The summed E-state index contributed by atoms with van der Waals surface area (Å²) in [6, 6.07) is 9.09. The van der Waals surface area contributed by atoms with Gasteiger partial charge in [0.2, 0.25) is 0 Å². The van der Waals surface area contributed by atoms with Crippen LogP contribution in [0.4, 0.5) is 15.9 Å². The van der Waals surface area contributed by atoms with Crippen LogP contribution in [-0.2, 0) is 4.74 Å². The Balaban J connectivity index is 1.55. The molecule has 6 heteroatoms. The van der Waals surface area contributed by atoms with E-state index >= 15 is 0 Å². The summed E-state index contributed by atoms with van der Waals surface area (Å²) >= 11 is 0. The highest BCUT2D eigenvalue weighted by molar-refractivity contribution is 6.04. The van der Waals surface area contributed by atoms with Crippen molar-refractivity contribution in [3.63, 3.8) is 0 Å². The number of pyridine rings is 1. The van der Waals surface area contributed by atoms with Gasteiger partial charge in [-0.25, -0.2) is 9.37 Å². The molecule has 1 aliphatic heterocycles. The van der Waals surface area contributed by atoms with Crippen molar-refractivity contribution in [3.8, 4) is 0 Å². The first-order valence-corrected chi connectivity index (χ1v) is 7.59. The van der Waals surface area contributed by atoms with Crippen LogP contribution in [0.15, 0.2) is 42.6 Å². The van der Waals surface area contributed by atoms with E-state index in [-0.39, 0.29) is 17.6 Å². The number of halogens is 1. The Morgan fingerprint density at radius 3 is 2.96 bits per heavy atom. The Kier molecular flexibility index (Phi) is 4.83. The molecule has 2 heterocycles. The second-order valence-electron chi connectivity index (χ2n) is 5.41. The average Bonchev–Trinajstić information content (AvgIpc) is 3.08. The Hall–Kier alpha value is -2.47. The van der Waals surface area contributed by atoms with Crippen molar-refractivity contribution in [2.75, 3.05) is 23.8 Å². The third-order valence-corrected chi connectivity index (χ3v) is 3.64. The molecule has 1 aromatic heterocycles. The number of anilines is 2. The third kappa shape index (κ3) is 4.26. The Morgan fingerprint density at radius 1 is 1.35 bits per heavy atom. The molecule has 1 amide bonds. The number of nitrogens with one attached hydrogen (secondary N) is 2. The maximum absolute atomic E-state index is 13.1. The quantitative estimate of drug-likeness (QED) is 0.890. The molecule has 5 nitrogen and oxygen atoms in total. The van der Waals surface area contributed by atoms with Gasteiger partial charge in [0, 0.05) is 18.7 Å². The summed E-state index contributed by atoms with van der Waals surface area (Å²) in [5.41, 5.74) is 0.826. The van der Waals surface area contributed by atoms with Gasteiger partial charge in [-0.15, -0.1) is 0 Å². The van der Waals surface area contributed by atoms with Crippen LogP contribution in [0.2, 0.25) is 0 Å². The van der Waals surface area contributed by atoms with Gasteiger partial charge in [0.25, 0.3) is 5.91 Å². The van der Waals surface area contributed by atoms with E-state index in [1.165, 1.54) is 18.2 Å². The Bertz CT molecular complexity index is 670. The zero-order valence-electron chi connectivity index (χ0n) is 12.6. The van der Waals surface area contributed by atoms with Crippen molar-refractivity contribution >= 4 is 17.4 Å². The highest BCUT2D eigenvalue weighted by Gasteiger charge is 2.15. The summed E-state index contributed by atoms with van der Waals surface area (Å²) in [7, 11) is 0. The molecule has 1 aliphatic rings. The maximum Gasteiger partial charge on any atom is 0.255 e. The first-order valence-electron chi connectivity index (χ1n) is 7.59. The second kappa shape index (κ2) is 7.19. The molecule has 0 saturated carbocycles. The van der Waals surface area contributed by atoms with Gasteiger partial charge in [0.1, 0.15) is 11.6 Å². The molecule has 0 aliphatic carbocycles. The van der Waals surface area contributed by atoms with Gasteiger partial charge < -0.3 is 15.4 Å². The Morgan fingerprint density at radius 2 is 2.26 bits per heavy atom. The fourth-order valence-electron chi connectivity index (χ4n) is 2.43. The number of carbonyl (C=O) groups excluding carboxylic acids is 1. The van der Waals surface area contributed by atoms with Crippen molar-refractivity contribution in [1.82, 2.24) is 4.98 Å². The lowest BCUT2D eigenvalue weighted by Gasteiger charge is -2.11. The molecule has 1 fully saturated rings. The van der Waals surface area contributed by atoms with E-state index in [0.717, 1.165) is 31.8 Å². The van der Waals surface area contributed by atoms with Crippen LogP contribution < -0.4 is 10.6 Å². The SMILES string of the molecule is O=C(Nc1ccc(NCC2CCCO2)nc1)c1cccc(F)c1. The van der Waals surface area contributed by atoms with E-state index in [1.807, 2.05) is 0 Å². The van der Waals surface area contributed by atoms with E-state index < -0.39 is 5.82 Å². The largest absolute Gasteiger partial charge is 0.376 e. The average molecular weight is 315 g/mol. The predicted molar refractivity (Wildman–Crippen MR) is 86.1 cm³/mol. The Labute approximate surface area is 133 Å². The summed E-state index contributed by atoms with van der Waals surface area (Å²) in [6.45, 7) is 1.55.